The molecular weight excluding hydrogens is 418 g/mol. The Morgan fingerprint density at radius 1 is 1.12 bits per heavy atom. The molecule has 0 saturated carbocycles. The predicted octanol–water partition coefficient (Wildman–Crippen LogP) is 5.15. The van der Waals surface area contributed by atoms with Crippen molar-refractivity contribution in [2.45, 2.75) is 12.1 Å². The van der Waals surface area contributed by atoms with Crippen LogP contribution in [0.15, 0.2) is 58.8 Å². The maximum Gasteiger partial charge on any atom is 0.168 e. The number of rotatable bonds is 6. The van der Waals surface area contributed by atoms with Gasteiger partial charge in [-0.1, -0.05) is 76.4 Å². The van der Waals surface area contributed by atoms with Gasteiger partial charge in [0.25, 0.3) is 0 Å². The van der Waals surface area contributed by atoms with Crippen molar-refractivity contribution in [3.63, 3.8) is 0 Å². The number of alkyl halides is 1. The summed E-state index contributed by atoms with van der Waals surface area (Å²) in [6, 6.07) is 14.7. The molecule has 26 heavy (non-hydrogen) atoms. The molecule has 3 rings (SSSR count). The highest BCUT2D eigenvalue weighted by Crippen LogP contribution is 2.25. The van der Waals surface area contributed by atoms with Gasteiger partial charge in [-0.2, -0.15) is 5.10 Å². The third kappa shape index (κ3) is 4.54. The summed E-state index contributed by atoms with van der Waals surface area (Å²) in [5.74, 6) is 0. The fourth-order valence-corrected chi connectivity index (χ4v) is 3.22. The van der Waals surface area contributed by atoms with E-state index in [1.807, 2.05) is 30.3 Å². The average molecular weight is 432 g/mol. The van der Waals surface area contributed by atoms with E-state index in [4.69, 9.17) is 51.4 Å². The van der Waals surface area contributed by atoms with Crippen LogP contribution < -0.4 is 0 Å². The molecule has 1 aliphatic rings. The minimum absolute atomic E-state index is 0.114. The zero-order valence-corrected chi connectivity index (χ0v) is 16.4. The predicted molar refractivity (Wildman–Crippen MR) is 107 cm³/mol. The first-order chi connectivity index (χ1) is 12.6. The van der Waals surface area contributed by atoms with Gasteiger partial charge >= 0.3 is 0 Å². The van der Waals surface area contributed by atoms with Crippen LogP contribution in [0.3, 0.4) is 0 Å². The Morgan fingerprint density at radius 3 is 2.42 bits per heavy atom. The van der Waals surface area contributed by atoms with Crippen molar-refractivity contribution in [3.8, 4) is 0 Å². The number of benzene rings is 2. The van der Waals surface area contributed by atoms with Crippen LogP contribution in [0.5, 0.6) is 0 Å². The molecule has 136 valence electrons. The highest BCUT2D eigenvalue weighted by Gasteiger charge is 2.26. The number of hydrogen-bond donors (Lipinski definition) is 0. The minimum Gasteiger partial charge on any atom is -0.390 e. The van der Waals surface area contributed by atoms with Crippen LogP contribution in [0.1, 0.15) is 11.1 Å². The summed E-state index contributed by atoms with van der Waals surface area (Å²) in [7, 11) is 0. The molecule has 1 atom stereocenters. The van der Waals surface area contributed by atoms with E-state index < -0.39 is 5.50 Å². The van der Waals surface area contributed by atoms with E-state index in [9.17, 15) is 0 Å². The molecule has 0 radical (unpaired) electrons. The van der Waals surface area contributed by atoms with E-state index in [2.05, 4.69) is 10.3 Å². The average Bonchev–Trinajstić information content (AvgIpc) is 3.07. The standard InChI is InChI=1S/C17H14Cl4N4O/c18-14-7-4-8-15(19)13(14)9-26-23-16(12-5-2-1-3-6-12)17(20)25-11-24(21)10-22-25/h1-8,10,17H,9,11H2. The smallest absolute Gasteiger partial charge is 0.168 e. The van der Waals surface area contributed by atoms with E-state index in [1.165, 1.54) is 10.8 Å². The van der Waals surface area contributed by atoms with Gasteiger partial charge < -0.3 is 4.84 Å². The van der Waals surface area contributed by atoms with Crippen molar-refractivity contribution in [2.75, 3.05) is 6.67 Å². The summed E-state index contributed by atoms with van der Waals surface area (Å²) in [6.45, 7) is 0.446. The van der Waals surface area contributed by atoms with Gasteiger partial charge in [-0.3, -0.25) is 9.43 Å². The second kappa shape index (κ2) is 8.82. The fraction of sp³-hybridized carbons (Fsp3) is 0.176. The second-order valence-electron chi connectivity index (χ2n) is 5.36. The largest absolute Gasteiger partial charge is 0.390 e. The highest BCUT2D eigenvalue weighted by molar-refractivity contribution is 6.36. The van der Waals surface area contributed by atoms with E-state index in [1.54, 1.807) is 23.2 Å². The summed E-state index contributed by atoms with van der Waals surface area (Å²) in [5.41, 5.74) is 1.30. The summed E-state index contributed by atoms with van der Waals surface area (Å²) < 4.78 is 1.39. The lowest BCUT2D eigenvalue weighted by atomic mass is 10.1. The topological polar surface area (TPSA) is 40.4 Å². The van der Waals surface area contributed by atoms with Crippen molar-refractivity contribution >= 4 is 58.6 Å². The third-order valence-corrected chi connectivity index (χ3v) is 4.93. The number of oxime groups is 1. The van der Waals surface area contributed by atoms with Gasteiger partial charge in [0.1, 0.15) is 25.3 Å². The molecule has 2 aromatic rings. The number of hydrazone groups is 1. The normalized spacial score (nSPS) is 15.5. The van der Waals surface area contributed by atoms with E-state index in [-0.39, 0.29) is 6.61 Å². The molecule has 2 aromatic carbocycles. The maximum absolute atomic E-state index is 6.56. The Morgan fingerprint density at radius 2 is 1.81 bits per heavy atom. The summed E-state index contributed by atoms with van der Waals surface area (Å²) in [4.78, 5) is 5.51. The molecule has 0 aromatic heterocycles. The molecule has 0 saturated heterocycles. The number of halogens is 4. The van der Waals surface area contributed by atoms with Crippen molar-refractivity contribution in [1.82, 2.24) is 9.43 Å². The summed E-state index contributed by atoms with van der Waals surface area (Å²) >= 11 is 24.8. The lowest BCUT2D eigenvalue weighted by Gasteiger charge is -2.22. The molecule has 1 aliphatic heterocycles. The molecule has 1 unspecified atom stereocenters. The molecule has 0 N–H and O–H groups in total. The lowest BCUT2D eigenvalue weighted by Crippen LogP contribution is -2.34. The quantitative estimate of drug-likeness (QED) is 0.209. The molecule has 0 aliphatic carbocycles. The van der Waals surface area contributed by atoms with Crippen LogP contribution in [-0.4, -0.2) is 33.6 Å². The second-order valence-corrected chi connectivity index (χ2v) is 7.03. The van der Waals surface area contributed by atoms with E-state index in [0.29, 0.717) is 28.0 Å². The van der Waals surface area contributed by atoms with Crippen LogP contribution in [0.25, 0.3) is 0 Å². The Hall–Kier alpha value is -1.66. The van der Waals surface area contributed by atoms with Crippen molar-refractivity contribution in [3.05, 3.63) is 69.7 Å². The molecule has 0 bridgehead atoms. The zero-order valence-electron chi connectivity index (χ0n) is 13.4. The minimum atomic E-state index is -0.667. The lowest BCUT2D eigenvalue weighted by molar-refractivity contribution is 0.128. The van der Waals surface area contributed by atoms with Gasteiger partial charge in [-0.25, -0.2) is 0 Å². The first-order valence-corrected chi connectivity index (χ1v) is 9.14. The Bertz CT molecular complexity index is 795. The van der Waals surface area contributed by atoms with Crippen molar-refractivity contribution in [2.24, 2.45) is 10.3 Å². The van der Waals surface area contributed by atoms with Gasteiger partial charge in [0.15, 0.2) is 5.50 Å². The van der Waals surface area contributed by atoms with Gasteiger partial charge in [-0.05, 0) is 12.1 Å². The first kappa shape index (κ1) is 19.1. The first-order valence-electron chi connectivity index (χ1n) is 7.61. The number of nitrogens with zero attached hydrogens (tertiary/aromatic N) is 4. The highest BCUT2D eigenvalue weighted by atomic mass is 35.5. The monoisotopic (exact) mass is 430 g/mol. The zero-order chi connectivity index (χ0) is 18.5. The van der Waals surface area contributed by atoms with Gasteiger partial charge in [0.05, 0.1) is 0 Å². The molecule has 1 heterocycles. The van der Waals surface area contributed by atoms with Crippen LogP contribution in [0, 0.1) is 0 Å². The van der Waals surface area contributed by atoms with Crippen LogP contribution in [0.2, 0.25) is 10.0 Å². The van der Waals surface area contributed by atoms with Gasteiger partial charge in [-0.15, -0.1) is 0 Å². The molecule has 0 fully saturated rings. The van der Waals surface area contributed by atoms with Crippen molar-refractivity contribution in [1.29, 1.82) is 0 Å². The molecule has 9 heteroatoms. The number of hydrogen-bond acceptors (Lipinski definition) is 5. The van der Waals surface area contributed by atoms with Crippen LogP contribution in [-0.2, 0) is 11.4 Å². The molecular formula is C17H14Cl4N4O. The van der Waals surface area contributed by atoms with Crippen molar-refractivity contribution < 1.29 is 4.84 Å². The SMILES string of the molecule is Clc1cccc(Cl)c1CON=C(c1ccccc1)C(Cl)N1CN(Cl)C=N1. The van der Waals surface area contributed by atoms with Crippen LogP contribution in [0.4, 0.5) is 0 Å². The summed E-state index contributed by atoms with van der Waals surface area (Å²) in [6.07, 6.45) is 1.48. The molecule has 0 amide bonds. The van der Waals surface area contributed by atoms with Crippen LogP contribution >= 0.6 is 46.6 Å². The van der Waals surface area contributed by atoms with Gasteiger partial charge in [0.2, 0.25) is 0 Å². The van der Waals surface area contributed by atoms with E-state index in [0.717, 1.165) is 5.56 Å². The summed E-state index contributed by atoms with van der Waals surface area (Å²) in [5, 5.41) is 11.0. The molecule has 0 spiro atoms. The molecule has 5 nitrogen and oxygen atoms in total. The maximum atomic E-state index is 6.56. The van der Waals surface area contributed by atoms with E-state index >= 15 is 0 Å². The Labute approximate surface area is 171 Å². The fourth-order valence-electron chi connectivity index (χ4n) is 2.28. The Balaban J connectivity index is 1.81. The Kier molecular flexibility index (Phi) is 6.48. The third-order valence-electron chi connectivity index (χ3n) is 3.60. The van der Waals surface area contributed by atoms with Gasteiger partial charge in [0, 0.05) is 32.9 Å².